The first-order valence-electron chi connectivity index (χ1n) is 8.14. The molecule has 3 rings (SSSR count). The molecule has 0 unspecified atom stereocenters. The Morgan fingerprint density at radius 3 is 2.79 bits per heavy atom. The number of hydrogen-bond acceptors (Lipinski definition) is 4. The lowest BCUT2D eigenvalue weighted by molar-refractivity contribution is 0.0846. The number of ether oxygens (including phenoxy) is 2. The standard InChI is InChI=1S/C18H23N3O3/c1-11-6-14(7-12(2)16(11)23-3)18(22)19-8-13-4-5-24-17(13)15-9-20-21-10-15/h6-7,9-10,13,17H,4-5,8H2,1-3H3,(H,19,22)(H,20,21)/t13-,17+/m1/s1. The fraction of sp³-hybridized carbons (Fsp3) is 0.444. The van der Waals surface area contributed by atoms with Crippen LogP contribution in [0.4, 0.5) is 0 Å². The predicted octanol–water partition coefficient (Wildman–Crippen LogP) is 2.54. The molecule has 24 heavy (non-hydrogen) atoms. The molecule has 6 nitrogen and oxygen atoms in total. The van der Waals surface area contributed by atoms with Crippen molar-refractivity contribution in [1.29, 1.82) is 0 Å². The SMILES string of the molecule is COc1c(C)cc(C(=O)NC[C@H]2CCO[C@@H]2c2cn[nH]c2)cc1C. The van der Waals surface area contributed by atoms with Crippen molar-refractivity contribution in [3.8, 4) is 5.75 Å². The van der Waals surface area contributed by atoms with Gasteiger partial charge in [0.25, 0.3) is 5.91 Å². The van der Waals surface area contributed by atoms with Gasteiger partial charge in [0, 0.05) is 36.4 Å². The molecule has 0 radical (unpaired) electrons. The zero-order valence-corrected chi connectivity index (χ0v) is 14.3. The lowest BCUT2D eigenvalue weighted by atomic mass is 9.97. The average molecular weight is 329 g/mol. The predicted molar refractivity (Wildman–Crippen MR) is 90.2 cm³/mol. The van der Waals surface area contributed by atoms with Crippen LogP contribution in [-0.2, 0) is 4.74 Å². The summed E-state index contributed by atoms with van der Waals surface area (Å²) >= 11 is 0. The molecule has 1 aliphatic heterocycles. The summed E-state index contributed by atoms with van der Waals surface area (Å²) in [5, 5.41) is 9.82. The van der Waals surface area contributed by atoms with Crippen molar-refractivity contribution in [3.05, 3.63) is 46.8 Å². The first kappa shape index (κ1) is 16.5. The van der Waals surface area contributed by atoms with Crippen LogP contribution in [0.1, 0.15) is 39.6 Å². The van der Waals surface area contributed by atoms with Gasteiger partial charge in [-0.25, -0.2) is 0 Å². The highest BCUT2D eigenvalue weighted by Gasteiger charge is 2.30. The van der Waals surface area contributed by atoms with Gasteiger partial charge >= 0.3 is 0 Å². The number of H-pyrrole nitrogens is 1. The maximum absolute atomic E-state index is 12.5. The van der Waals surface area contributed by atoms with Crippen molar-refractivity contribution in [1.82, 2.24) is 15.5 Å². The van der Waals surface area contributed by atoms with Gasteiger partial charge in [-0.2, -0.15) is 5.10 Å². The minimum absolute atomic E-state index is 0.0108. The molecule has 2 N–H and O–H groups in total. The third kappa shape index (κ3) is 3.28. The Kier molecular flexibility index (Phi) is 4.85. The molecule has 1 aromatic heterocycles. The highest BCUT2D eigenvalue weighted by Crippen LogP contribution is 2.33. The summed E-state index contributed by atoms with van der Waals surface area (Å²) in [6.45, 7) is 5.18. The van der Waals surface area contributed by atoms with Crippen LogP contribution in [0.5, 0.6) is 5.75 Å². The summed E-state index contributed by atoms with van der Waals surface area (Å²) in [6.07, 6.45) is 4.54. The van der Waals surface area contributed by atoms with Gasteiger partial charge in [0.15, 0.2) is 0 Å². The Morgan fingerprint density at radius 2 is 2.17 bits per heavy atom. The maximum Gasteiger partial charge on any atom is 0.251 e. The van der Waals surface area contributed by atoms with Crippen LogP contribution < -0.4 is 10.1 Å². The second kappa shape index (κ2) is 7.05. The zero-order valence-electron chi connectivity index (χ0n) is 14.3. The van der Waals surface area contributed by atoms with Gasteiger partial charge in [0.2, 0.25) is 0 Å². The Labute approximate surface area is 141 Å². The molecule has 2 atom stereocenters. The lowest BCUT2D eigenvalue weighted by Crippen LogP contribution is -2.30. The van der Waals surface area contributed by atoms with E-state index in [1.807, 2.05) is 32.2 Å². The van der Waals surface area contributed by atoms with Crippen LogP contribution in [0.2, 0.25) is 0 Å². The number of aromatic nitrogens is 2. The number of hydrogen-bond donors (Lipinski definition) is 2. The van der Waals surface area contributed by atoms with Gasteiger partial charge in [-0.15, -0.1) is 0 Å². The van der Waals surface area contributed by atoms with E-state index >= 15 is 0 Å². The molecule has 0 aliphatic carbocycles. The smallest absolute Gasteiger partial charge is 0.251 e. The van der Waals surface area contributed by atoms with E-state index in [1.165, 1.54) is 0 Å². The highest BCUT2D eigenvalue weighted by molar-refractivity contribution is 5.94. The van der Waals surface area contributed by atoms with E-state index in [-0.39, 0.29) is 17.9 Å². The number of amides is 1. The van der Waals surface area contributed by atoms with Gasteiger partial charge in [-0.05, 0) is 43.5 Å². The minimum atomic E-state index is -0.0679. The molecule has 1 saturated heterocycles. The van der Waals surface area contributed by atoms with Crippen LogP contribution in [0.3, 0.4) is 0 Å². The van der Waals surface area contributed by atoms with E-state index in [9.17, 15) is 4.79 Å². The molecule has 1 aromatic carbocycles. The largest absolute Gasteiger partial charge is 0.496 e. The molecule has 1 fully saturated rings. The minimum Gasteiger partial charge on any atom is -0.496 e. The molecule has 2 aromatic rings. The van der Waals surface area contributed by atoms with Crippen molar-refractivity contribution >= 4 is 5.91 Å². The molecule has 1 aliphatic rings. The van der Waals surface area contributed by atoms with Crippen LogP contribution in [-0.4, -0.2) is 36.4 Å². The molecular weight excluding hydrogens is 306 g/mol. The Balaban J connectivity index is 1.65. The fourth-order valence-electron chi connectivity index (χ4n) is 3.36. The lowest BCUT2D eigenvalue weighted by Gasteiger charge is -2.18. The molecule has 6 heteroatoms. The van der Waals surface area contributed by atoms with Crippen LogP contribution in [0.15, 0.2) is 24.5 Å². The van der Waals surface area contributed by atoms with E-state index < -0.39 is 0 Å². The Hall–Kier alpha value is -2.34. The van der Waals surface area contributed by atoms with E-state index in [1.54, 1.807) is 13.3 Å². The van der Waals surface area contributed by atoms with Crippen molar-refractivity contribution < 1.29 is 14.3 Å². The van der Waals surface area contributed by atoms with E-state index in [0.29, 0.717) is 18.7 Å². The first-order chi connectivity index (χ1) is 11.6. The van der Waals surface area contributed by atoms with Gasteiger partial charge < -0.3 is 14.8 Å². The number of nitrogens with one attached hydrogen (secondary N) is 2. The molecule has 128 valence electrons. The number of aromatic amines is 1. The zero-order chi connectivity index (χ0) is 17.1. The molecule has 1 amide bonds. The normalized spacial score (nSPS) is 20.1. The number of methoxy groups -OCH3 is 1. The number of carbonyl (C=O) groups excluding carboxylic acids is 1. The summed E-state index contributed by atoms with van der Waals surface area (Å²) in [5.74, 6) is 1.02. The summed E-state index contributed by atoms with van der Waals surface area (Å²) in [5.41, 5.74) is 3.61. The number of carbonyl (C=O) groups is 1. The van der Waals surface area contributed by atoms with E-state index in [0.717, 1.165) is 28.9 Å². The van der Waals surface area contributed by atoms with Gasteiger partial charge in [-0.1, -0.05) is 0 Å². The first-order valence-corrected chi connectivity index (χ1v) is 8.14. The van der Waals surface area contributed by atoms with Crippen molar-refractivity contribution in [2.45, 2.75) is 26.4 Å². The number of nitrogens with zero attached hydrogens (tertiary/aromatic N) is 1. The summed E-state index contributed by atoms with van der Waals surface area (Å²) in [7, 11) is 1.64. The van der Waals surface area contributed by atoms with Gasteiger partial charge in [0.1, 0.15) is 5.75 Å². The number of benzene rings is 1. The summed E-state index contributed by atoms with van der Waals surface area (Å²) in [4.78, 5) is 12.5. The third-order valence-electron chi connectivity index (χ3n) is 4.51. The Bertz CT molecular complexity index is 689. The monoisotopic (exact) mass is 329 g/mol. The fourth-order valence-corrected chi connectivity index (χ4v) is 3.36. The summed E-state index contributed by atoms with van der Waals surface area (Å²) in [6, 6.07) is 3.72. The van der Waals surface area contributed by atoms with Crippen molar-refractivity contribution in [2.24, 2.45) is 5.92 Å². The summed E-state index contributed by atoms with van der Waals surface area (Å²) < 4.78 is 11.1. The Morgan fingerprint density at radius 1 is 1.42 bits per heavy atom. The topological polar surface area (TPSA) is 76.2 Å². The van der Waals surface area contributed by atoms with Crippen molar-refractivity contribution in [2.75, 3.05) is 20.3 Å². The van der Waals surface area contributed by atoms with E-state index in [4.69, 9.17) is 9.47 Å². The molecular formula is C18H23N3O3. The molecule has 0 spiro atoms. The second-order valence-corrected chi connectivity index (χ2v) is 6.23. The average Bonchev–Trinajstić information content (AvgIpc) is 3.23. The highest BCUT2D eigenvalue weighted by atomic mass is 16.5. The van der Waals surface area contributed by atoms with Crippen molar-refractivity contribution in [3.63, 3.8) is 0 Å². The van der Waals surface area contributed by atoms with Gasteiger partial charge in [-0.3, -0.25) is 9.89 Å². The van der Waals surface area contributed by atoms with Crippen LogP contribution in [0, 0.1) is 19.8 Å². The molecule has 0 bridgehead atoms. The molecule has 2 heterocycles. The number of rotatable bonds is 5. The number of aryl methyl sites for hydroxylation is 2. The third-order valence-corrected chi connectivity index (χ3v) is 4.51. The van der Waals surface area contributed by atoms with Crippen LogP contribution in [0.25, 0.3) is 0 Å². The quantitative estimate of drug-likeness (QED) is 0.884. The molecule has 0 saturated carbocycles. The van der Waals surface area contributed by atoms with E-state index in [2.05, 4.69) is 15.5 Å². The van der Waals surface area contributed by atoms with Crippen LogP contribution >= 0.6 is 0 Å². The van der Waals surface area contributed by atoms with Gasteiger partial charge in [0.05, 0.1) is 19.4 Å². The second-order valence-electron chi connectivity index (χ2n) is 6.23. The maximum atomic E-state index is 12.5.